The van der Waals surface area contributed by atoms with E-state index in [1.807, 2.05) is 0 Å². The van der Waals surface area contributed by atoms with Gasteiger partial charge in [-0.15, -0.1) is 0 Å². The van der Waals surface area contributed by atoms with Crippen molar-refractivity contribution in [2.24, 2.45) is 0 Å². The van der Waals surface area contributed by atoms with Gasteiger partial charge in [0.2, 0.25) is 0 Å². The van der Waals surface area contributed by atoms with Gasteiger partial charge in [0.25, 0.3) is 0 Å². The molecule has 0 N–H and O–H groups in total. The number of nitrogens with zero attached hydrogens (tertiary/aromatic N) is 2. The van der Waals surface area contributed by atoms with Crippen LogP contribution in [0.3, 0.4) is 0 Å². The molecule has 0 unspecified atom stereocenters. The van der Waals surface area contributed by atoms with Gasteiger partial charge >= 0.3 is 0 Å². The van der Waals surface area contributed by atoms with Crippen LogP contribution in [0.4, 0.5) is 17.1 Å². The Balaban J connectivity index is 0.989. The standard InChI is InChI=1S/C64H42N2O/c1-3-17-44(18-4-1)52-38-35-48(39-58(52)45-19-5-2-6-20-45)43-33-36-49(37-34-43)65(50-23-15-24-51(42-50)66-61-31-13-9-25-53(61)54-26-10-14-32-62(54)66)60-30-12-11-27-55(60)56-28-16-29-57-59-40-46-21-7-8-22-47(46)41-63(59)67-64(56)57/h1-42H. The number of benzene rings is 11. The minimum absolute atomic E-state index is 0.878. The quantitative estimate of drug-likeness (QED) is 0.152. The summed E-state index contributed by atoms with van der Waals surface area (Å²) in [5.74, 6) is 0. The number of para-hydroxylation sites is 4. The normalized spacial score (nSPS) is 11.6. The summed E-state index contributed by atoms with van der Waals surface area (Å²) < 4.78 is 9.26. The number of hydrogen-bond acceptors (Lipinski definition) is 2. The van der Waals surface area contributed by atoms with Gasteiger partial charge in [0.1, 0.15) is 11.2 Å². The molecule has 0 saturated carbocycles. The molecule has 0 fully saturated rings. The molecule has 0 atom stereocenters. The van der Waals surface area contributed by atoms with Crippen LogP contribution in [0.1, 0.15) is 0 Å². The van der Waals surface area contributed by atoms with Gasteiger partial charge in [0, 0.05) is 49.7 Å². The van der Waals surface area contributed by atoms with Crippen molar-refractivity contribution >= 4 is 71.6 Å². The second kappa shape index (κ2) is 16.0. The first-order chi connectivity index (χ1) is 33.2. The molecule has 3 nitrogen and oxygen atoms in total. The van der Waals surface area contributed by atoms with Crippen LogP contribution in [-0.4, -0.2) is 4.57 Å². The molecule has 0 aliphatic heterocycles. The smallest absolute Gasteiger partial charge is 0.143 e. The summed E-state index contributed by atoms with van der Waals surface area (Å²) >= 11 is 0. The second-order valence-corrected chi connectivity index (χ2v) is 17.3. The number of anilines is 3. The van der Waals surface area contributed by atoms with E-state index < -0.39 is 0 Å². The van der Waals surface area contributed by atoms with Crippen molar-refractivity contribution in [3.63, 3.8) is 0 Å². The first-order valence-electron chi connectivity index (χ1n) is 22.9. The van der Waals surface area contributed by atoms with Gasteiger partial charge in [-0.25, -0.2) is 0 Å². The van der Waals surface area contributed by atoms with Gasteiger partial charge in [-0.3, -0.25) is 0 Å². The molecule has 2 heterocycles. The molecule has 0 saturated heterocycles. The Morgan fingerprint density at radius 3 is 1.64 bits per heavy atom. The van der Waals surface area contributed by atoms with Gasteiger partial charge in [0.05, 0.1) is 16.7 Å². The van der Waals surface area contributed by atoms with Crippen LogP contribution in [-0.2, 0) is 0 Å². The molecule has 0 radical (unpaired) electrons. The van der Waals surface area contributed by atoms with E-state index in [2.05, 4.69) is 264 Å². The number of hydrogen-bond donors (Lipinski definition) is 0. The van der Waals surface area contributed by atoms with E-state index in [0.717, 1.165) is 72.3 Å². The molecule has 67 heavy (non-hydrogen) atoms. The Kier molecular flexibility index (Phi) is 9.17. The highest BCUT2D eigenvalue weighted by Crippen LogP contribution is 2.46. The molecule has 13 rings (SSSR count). The highest BCUT2D eigenvalue weighted by Gasteiger charge is 2.22. The topological polar surface area (TPSA) is 21.3 Å². The average molecular weight is 855 g/mol. The Labute approximate surface area is 388 Å². The summed E-state index contributed by atoms with van der Waals surface area (Å²) in [5, 5.41) is 7.06. The van der Waals surface area contributed by atoms with Gasteiger partial charge in [-0.1, -0.05) is 188 Å². The fourth-order valence-corrected chi connectivity index (χ4v) is 10.2. The number of aromatic nitrogens is 1. The van der Waals surface area contributed by atoms with Crippen LogP contribution in [0, 0.1) is 0 Å². The van der Waals surface area contributed by atoms with Crippen molar-refractivity contribution < 1.29 is 4.42 Å². The van der Waals surface area contributed by atoms with Crippen LogP contribution in [0.5, 0.6) is 0 Å². The first kappa shape index (κ1) is 38.5. The number of furan rings is 1. The monoisotopic (exact) mass is 854 g/mol. The average Bonchev–Trinajstić information content (AvgIpc) is 3.94. The number of fused-ring (bicyclic) bond motifs is 7. The van der Waals surface area contributed by atoms with Crippen molar-refractivity contribution in [3.8, 4) is 50.2 Å². The molecule has 0 amide bonds. The van der Waals surface area contributed by atoms with Crippen LogP contribution in [0.25, 0.3) is 105 Å². The Morgan fingerprint density at radius 2 is 0.896 bits per heavy atom. The molecule has 2 aromatic heterocycles. The fraction of sp³-hybridized carbons (Fsp3) is 0. The summed E-state index contributed by atoms with van der Waals surface area (Å²) in [6.07, 6.45) is 0. The maximum atomic E-state index is 6.86. The first-order valence-corrected chi connectivity index (χ1v) is 22.9. The molecular weight excluding hydrogens is 813 g/mol. The molecule has 3 heteroatoms. The highest BCUT2D eigenvalue weighted by molar-refractivity contribution is 6.14. The summed E-state index contributed by atoms with van der Waals surface area (Å²) in [6, 6.07) is 91.9. The SMILES string of the molecule is c1ccc(-c2ccc(-c3ccc(N(c4cccc(-n5c6ccccc6c6ccccc65)c4)c4ccccc4-c4cccc5c4oc4cc6ccccc6cc45)cc3)cc2-c2ccccc2)cc1. The highest BCUT2D eigenvalue weighted by atomic mass is 16.3. The van der Waals surface area contributed by atoms with Crippen LogP contribution in [0.15, 0.2) is 259 Å². The van der Waals surface area contributed by atoms with E-state index in [-0.39, 0.29) is 0 Å². The fourth-order valence-electron chi connectivity index (χ4n) is 10.2. The molecule has 13 aromatic rings. The maximum Gasteiger partial charge on any atom is 0.143 e. The molecular formula is C64H42N2O. The van der Waals surface area contributed by atoms with Crippen molar-refractivity contribution in [2.75, 3.05) is 4.90 Å². The number of rotatable bonds is 8. The van der Waals surface area contributed by atoms with Gasteiger partial charge < -0.3 is 13.9 Å². The van der Waals surface area contributed by atoms with E-state index in [9.17, 15) is 0 Å². The minimum Gasteiger partial charge on any atom is -0.455 e. The Morgan fingerprint density at radius 1 is 0.313 bits per heavy atom. The summed E-state index contributed by atoms with van der Waals surface area (Å²) in [7, 11) is 0. The van der Waals surface area contributed by atoms with E-state index in [0.29, 0.717) is 0 Å². The minimum atomic E-state index is 0.878. The van der Waals surface area contributed by atoms with Crippen LogP contribution < -0.4 is 4.90 Å². The summed E-state index contributed by atoms with van der Waals surface area (Å²) in [5.41, 5.74) is 17.6. The van der Waals surface area contributed by atoms with Gasteiger partial charge in [-0.05, 0) is 111 Å². The molecule has 314 valence electrons. The zero-order chi connectivity index (χ0) is 44.3. The van der Waals surface area contributed by atoms with Crippen LogP contribution >= 0.6 is 0 Å². The predicted molar refractivity (Wildman–Crippen MR) is 282 cm³/mol. The zero-order valence-corrected chi connectivity index (χ0v) is 36.6. The lowest BCUT2D eigenvalue weighted by Crippen LogP contribution is -2.12. The van der Waals surface area contributed by atoms with Crippen molar-refractivity contribution in [3.05, 3.63) is 255 Å². The van der Waals surface area contributed by atoms with E-state index in [1.165, 1.54) is 49.4 Å². The summed E-state index contributed by atoms with van der Waals surface area (Å²) in [6.45, 7) is 0. The third kappa shape index (κ3) is 6.59. The van der Waals surface area contributed by atoms with Gasteiger partial charge in [0.15, 0.2) is 0 Å². The molecule has 0 bridgehead atoms. The van der Waals surface area contributed by atoms with Crippen molar-refractivity contribution in [2.45, 2.75) is 0 Å². The maximum absolute atomic E-state index is 6.86. The lowest BCUT2D eigenvalue weighted by Gasteiger charge is -2.28. The van der Waals surface area contributed by atoms with Gasteiger partial charge in [-0.2, -0.15) is 0 Å². The van der Waals surface area contributed by atoms with Crippen molar-refractivity contribution in [1.29, 1.82) is 0 Å². The van der Waals surface area contributed by atoms with Crippen molar-refractivity contribution in [1.82, 2.24) is 4.57 Å². The van der Waals surface area contributed by atoms with E-state index >= 15 is 0 Å². The molecule has 0 spiro atoms. The third-order valence-corrected chi connectivity index (χ3v) is 13.4. The van der Waals surface area contributed by atoms with E-state index in [4.69, 9.17) is 4.42 Å². The summed E-state index contributed by atoms with van der Waals surface area (Å²) in [4.78, 5) is 2.40. The Hall–Kier alpha value is -8.92. The predicted octanol–water partition coefficient (Wildman–Crippen LogP) is 18.0. The van der Waals surface area contributed by atoms with Crippen LogP contribution in [0.2, 0.25) is 0 Å². The lowest BCUT2D eigenvalue weighted by atomic mass is 9.91. The second-order valence-electron chi connectivity index (χ2n) is 17.3. The Bertz CT molecular complexity index is 3920. The molecule has 11 aromatic carbocycles. The largest absolute Gasteiger partial charge is 0.455 e. The third-order valence-electron chi connectivity index (χ3n) is 13.4. The van der Waals surface area contributed by atoms with E-state index in [1.54, 1.807) is 0 Å². The molecule has 0 aliphatic carbocycles. The molecule has 0 aliphatic rings. The zero-order valence-electron chi connectivity index (χ0n) is 36.6. The lowest BCUT2D eigenvalue weighted by molar-refractivity contribution is 0.670.